The minimum atomic E-state index is 0.406. The average Bonchev–Trinajstić information content (AvgIpc) is 2.57. The van der Waals surface area contributed by atoms with Gasteiger partial charge in [-0.25, -0.2) is 15.0 Å². The molecule has 5 heteroatoms. The van der Waals surface area contributed by atoms with Crippen molar-refractivity contribution in [2.45, 2.75) is 13.8 Å². The summed E-state index contributed by atoms with van der Waals surface area (Å²) < 4.78 is 1.94. The van der Waals surface area contributed by atoms with Crippen molar-refractivity contribution < 1.29 is 0 Å². The lowest BCUT2D eigenvalue weighted by Crippen LogP contribution is -1.92. The Morgan fingerprint density at radius 1 is 1.12 bits per heavy atom. The van der Waals surface area contributed by atoms with Crippen molar-refractivity contribution in [2.75, 3.05) is 0 Å². The van der Waals surface area contributed by atoms with Crippen LogP contribution in [-0.4, -0.2) is 19.4 Å². The Hall–Kier alpha value is -1.68. The van der Waals surface area contributed by atoms with E-state index < -0.39 is 0 Å². The van der Waals surface area contributed by atoms with Crippen LogP contribution in [0.3, 0.4) is 0 Å². The minimum absolute atomic E-state index is 0.406. The Morgan fingerprint density at radius 3 is 2.75 bits per heavy atom. The maximum atomic E-state index is 6.05. The van der Waals surface area contributed by atoms with Gasteiger partial charge in [-0.3, -0.25) is 4.40 Å². The predicted molar refractivity (Wildman–Crippen MR) is 62.8 cm³/mol. The van der Waals surface area contributed by atoms with E-state index in [1.165, 1.54) is 0 Å². The molecule has 0 saturated heterocycles. The van der Waals surface area contributed by atoms with Gasteiger partial charge in [0.1, 0.15) is 17.0 Å². The van der Waals surface area contributed by atoms with Crippen molar-refractivity contribution in [1.82, 2.24) is 19.4 Å². The van der Waals surface area contributed by atoms with Gasteiger partial charge in [0, 0.05) is 6.20 Å². The molecule has 0 aliphatic rings. The van der Waals surface area contributed by atoms with Crippen LogP contribution in [-0.2, 0) is 0 Å². The largest absolute Gasteiger partial charge is 0.284 e. The van der Waals surface area contributed by atoms with E-state index >= 15 is 0 Å². The number of fused-ring (bicyclic) bond motifs is 3. The number of rotatable bonds is 0. The third-order valence-electron chi connectivity index (χ3n) is 2.46. The summed E-state index contributed by atoms with van der Waals surface area (Å²) in [6, 6.07) is 3.96. The number of nitrogens with zero attached hydrogens (tertiary/aromatic N) is 4. The van der Waals surface area contributed by atoms with Crippen LogP contribution >= 0.6 is 11.6 Å². The summed E-state index contributed by atoms with van der Waals surface area (Å²) in [5.74, 6) is 0.654. The standard InChI is InChI=1S/C11H9ClN4/c1-6-3-4-8-15-9-10(12)13-7(2)14-11(9)16(8)5-6/h3-5H,1-2H3. The van der Waals surface area contributed by atoms with Gasteiger partial charge in [-0.15, -0.1) is 0 Å². The van der Waals surface area contributed by atoms with E-state index in [-0.39, 0.29) is 0 Å². The van der Waals surface area contributed by atoms with Crippen LogP contribution in [0.1, 0.15) is 11.4 Å². The number of aromatic nitrogens is 4. The van der Waals surface area contributed by atoms with E-state index in [0.717, 1.165) is 16.9 Å². The molecule has 0 spiro atoms. The van der Waals surface area contributed by atoms with E-state index in [0.29, 0.717) is 16.5 Å². The summed E-state index contributed by atoms with van der Waals surface area (Å²) >= 11 is 6.05. The summed E-state index contributed by atoms with van der Waals surface area (Å²) in [5.41, 5.74) is 3.40. The van der Waals surface area contributed by atoms with E-state index in [1.807, 2.05) is 36.6 Å². The summed E-state index contributed by atoms with van der Waals surface area (Å²) in [7, 11) is 0. The molecule has 3 aromatic heterocycles. The van der Waals surface area contributed by atoms with Crippen LogP contribution in [0.4, 0.5) is 0 Å². The molecule has 0 unspecified atom stereocenters. The Bertz CT molecular complexity index is 702. The molecule has 3 aromatic rings. The van der Waals surface area contributed by atoms with Crippen molar-refractivity contribution in [3.8, 4) is 0 Å². The molecule has 3 rings (SSSR count). The van der Waals surface area contributed by atoms with Crippen LogP contribution in [0.25, 0.3) is 16.8 Å². The number of hydrogen-bond acceptors (Lipinski definition) is 3. The van der Waals surface area contributed by atoms with Gasteiger partial charge in [-0.05, 0) is 25.5 Å². The maximum absolute atomic E-state index is 6.05. The number of imidazole rings is 1. The normalized spacial score (nSPS) is 11.4. The van der Waals surface area contributed by atoms with Gasteiger partial charge in [-0.2, -0.15) is 0 Å². The van der Waals surface area contributed by atoms with Crippen molar-refractivity contribution in [2.24, 2.45) is 0 Å². The molecule has 0 atom stereocenters. The molecule has 80 valence electrons. The summed E-state index contributed by atoms with van der Waals surface area (Å²) in [4.78, 5) is 12.9. The monoisotopic (exact) mass is 232 g/mol. The fraction of sp³-hybridized carbons (Fsp3) is 0.182. The van der Waals surface area contributed by atoms with Gasteiger partial charge in [0.15, 0.2) is 10.8 Å². The molecule has 0 amide bonds. The zero-order chi connectivity index (χ0) is 11.3. The molecular weight excluding hydrogens is 224 g/mol. The first-order valence-corrected chi connectivity index (χ1v) is 5.31. The maximum Gasteiger partial charge on any atom is 0.169 e. The SMILES string of the molecule is Cc1ccc2nc3c(Cl)nc(C)nc3n2c1. The Morgan fingerprint density at radius 2 is 1.94 bits per heavy atom. The van der Waals surface area contributed by atoms with E-state index in [4.69, 9.17) is 11.6 Å². The number of halogens is 1. The average molecular weight is 233 g/mol. The molecule has 3 heterocycles. The molecule has 16 heavy (non-hydrogen) atoms. The van der Waals surface area contributed by atoms with Crippen LogP contribution in [0.5, 0.6) is 0 Å². The molecule has 0 radical (unpaired) electrons. The van der Waals surface area contributed by atoms with Gasteiger partial charge in [0.2, 0.25) is 0 Å². The molecule has 0 saturated carbocycles. The van der Waals surface area contributed by atoms with Crippen LogP contribution in [0.15, 0.2) is 18.3 Å². The van der Waals surface area contributed by atoms with Crippen molar-refractivity contribution in [3.63, 3.8) is 0 Å². The first kappa shape index (κ1) is 9.54. The number of pyridine rings is 1. The van der Waals surface area contributed by atoms with Gasteiger partial charge in [0.25, 0.3) is 0 Å². The molecule has 0 bridgehead atoms. The van der Waals surface area contributed by atoms with Crippen molar-refractivity contribution in [3.05, 3.63) is 34.9 Å². The highest BCUT2D eigenvalue weighted by molar-refractivity contribution is 6.33. The second-order valence-corrected chi connectivity index (χ2v) is 4.14. The third kappa shape index (κ3) is 1.27. The van der Waals surface area contributed by atoms with Crippen LogP contribution in [0.2, 0.25) is 5.15 Å². The fourth-order valence-electron chi connectivity index (χ4n) is 1.76. The quantitative estimate of drug-likeness (QED) is 0.560. The fourth-order valence-corrected chi connectivity index (χ4v) is 2.01. The Balaban J connectivity index is 2.57. The molecule has 0 fully saturated rings. The Kier molecular flexibility index (Phi) is 1.88. The van der Waals surface area contributed by atoms with Gasteiger partial charge < -0.3 is 0 Å². The predicted octanol–water partition coefficient (Wildman–Crippen LogP) is 2.55. The number of hydrogen-bond donors (Lipinski definition) is 0. The third-order valence-corrected chi connectivity index (χ3v) is 2.73. The number of aryl methyl sites for hydroxylation is 2. The lowest BCUT2D eigenvalue weighted by molar-refractivity contribution is 1.06. The second kappa shape index (κ2) is 3.15. The van der Waals surface area contributed by atoms with Crippen molar-refractivity contribution in [1.29, 1.82) is 0 Å². The summed E-state index contributed by atoms with van der Waals surface area (Å²) in [6.07, 6.45) is 1.99. The van der Waals surface area contributed by atoms with Crippen LogP contribution < -0.4 is 0 Å². The van der Waals surface area contributed by atoms with Crippen molar-refractivity contribution >= 4 is 28.4 Å². The first-order valence-electron chi connectivity index (χ1n) is 4.94. The van der Waals surface area contributed by atoms with E-state index in [1.54, 1.807) is 0 Å². The molecule has 4 nitrogen and oxygen atoms in total. The highest BCUT2D eigenvalue weighted by Crippen LogP contribution is 2.21. The molecule has 0 aliphatic heterocycles. The zero-order valence-electron chi connectivity index (χ0n) is 8.90. The van der Waals surface area contributed by atoms with Gasteiger partial charge >= 0.3 is 0 Å². The molecule has 0 aromatic carbocycles. The smallest absolute Gasteiger partial charge is 0.169 e. The topological polar surface area (TPSA) is 43.1 Å². The Labute approximate surface area is 96.9 Å². The van der Waals surface area contributed by atoms with E-state index in [9.17, 15) is 0 Å². The molecule has 0 N–H and O–H groups in total. The van der Waals surface area contributed by atoms with Gasteiger partial charge in [0.05, 0.1) is 0 Å². The lowest BCUT2D eigenvalue weighted by Gasteiger charge is -1.97. The van der Waals surface area contributed by atoms with Gasteiger partial charge in [-0.1, -0.05) is 17.7 Å². The molecule has 0 aliphatic carbocycles. The zero-order valence-corrected chi connectivity index (χ0v) is 9.65. The second-order valence-electron chi connectivity index (χ2n) is 3.78. The highest BCUT2D eigenvalue weighted by Gasteiger charge is 2.10. The van der Waals surface area contributed by atoms with E-state index in [2.05, 4.69) is 15.0 Å². The first-order chi connectivity index (χ1) is 7.65. The van der Waals surface area contributed by atoms with Crippen LogP contribution in [0, 0.1) is 13.8 Å². The summed E-state index contributed by atoms with van der Waals surface area (Å²) in [5, 5.41) is 0.406. The minimum Gasteiger partial charge on any atom is -0.284 e. The highest BCUT2D eigenvalue weighted by atomic mass is 35.5. The molecular formula is C11H9ClN4. The lowest BCUT2D eigenvalue weighted by atomic mass is 10.3. The summed E-state index contributed by atoms with van der Waals surface area (Å²) in [6.45, 7) is 3.85.